The van der Waals surface area contributed by atoms with Crippen LogP contribution in [0.2, 0.25) is 0 Å². The Morgan fingerprint density at radius 3 is 2.40 bits per heavy atom. The van der Waals surface area contributed by atoms with E-state index in [2.05, 4.69) is 21.7 Å². The smallest absolute Gasteiger partial charge is 0.410 e. The molecule has 0 radical (unpaired) electrons. The standard InChI is InChI=1S/C22H32N4O4/c1-2-19-20(15-24-11-5-16(6-12-24)21(27)28)30-22(29)26(19)18-7-13-25(14-8-18)17-3-9-23-10-4-17/h3-4,9-10,16,18-20H,2,5-8,11-15H2,1H3,(H,27,28). The van der Waals surface area contributed by atoms with Crippen LogP contribution in [0.1, 0.15) is 39.0 Å². The van der Waals surface area contributed by atoms with E-state index >= 15 is 0 Å². The molecule has 3 fully saturated rings. The molecular weight excluding hydrogens is 384 g/mol. The topological polar surface area (TPSA) is 86.2 Å². The first-order valence-corrected chi connectivity index (χ1v) is 11.2. The molecule has 2 atom stereocenters. The normalized spacial score (nSPS) is 26.8. The van der Waals surface area contributed by atoms with Gasteiger partial charge in [0, 0.05) is 43.8 Å². The molecule has 2 unspecified atom stereocenters. The lowest BCUT2D eigenvalue weighted by Crippen LogP contribution is -2.51. The van der Waals surface area contributed by atoms with Crippen LogP contribution < -0.4 is 4.90 Å². The van der Waals surface area contributed by atoms with Gasteiger partial charge in [-0.3, -0.25) is 19.6 Å². The quantitative estimate of drug-likeness (QED) is 0.762. The third-order valence-electron chi connectivity index (χ3n) is 6.93. The Balaban J connectivity index is 1.33. The minimum atomic E-state index is -0.697. The van der Waals surface area contributed by atoms with Gasteiger partial charge in [0.1, 0.15) is 6.10 Å². The maximum atomic E-state index is 12.8. The second-order valence-electron chi connectivity index (χ2n) is 8.64. The molecule has 0 bridgehead atoms. The van der Waals surface area contributed by atoms with Crippen molar-refractivity contribution in [2.24, 2.45) is 5.92 Å². The van der Waals surface area contributed by atoms with Crippen LogP contribution in [0.4, 0.5) is 10.5 Å². The zero-order chi connectivity index (χ0) is 21.1. The number of likely N-dealkylation sites (tertiary alicyclic amines) is 1. The van der Waals surface area contributed by atoms with E-state index in [4.69, 9.17) is 4.74 Å². The van der Waals surface area contributed by atoms with E-state index in [-0.39, 0.29) is 30.2 Å². The zero-order valence-electron chi connectivity index (χ0n) is 17.7. The summed E-state index contributed by atoms with van der Waals surface area (Å²) in [7, 11) is 0. The fraction of sp³-hybridized carbons (Fsp3) is 0.682. The third-order valence-corrected chi connectivity index (χ3v) is 6.93. The monoisotopic (exact) mass is 416 g/mol. The van der Waals surface area contributed by atoms with Crippen LogP contribution in [0.25, 0.3) is 0 Å². The summed E-state index contributed by atoms with van der Waals surface area (Å²) in [5.41, 5.74) is 1.18. The van der Waals surface area contributed by atoms with Gasteiger partial charge in [0.05, 0.1) is 12.0 Å². The van der Waals surface area contributed by atoms with Gasteiger partial charge in [-0.05, 0) is 57.3 Å². The number of carboxylic acid groups (broad SMARTS) is 1. The number of cyclic esters (lactones) is 1. The summed E-state index contributed by atoms with van der Waals surface area (Å²) in [6.45, 7) is 6.17. The van der Waals surface area contributed by atoms with Crippen molar-refractivity contribution in [3.8, 4) is 0 Å². The number of rotatable bonds is 6. The molecule has 30 heavy (non-hydrogen) atoms. The maximum absolute atomic E-state index is 12.8. The predicted octanol–water partition coefficient (Wildman–Crippen LogP) is 2.45. The molecule has 0 spiro atoms. The minimum absolute atomic E-state index is 0.0900. The molecule has 8 nitrogen and oxygen atoms in total. The maximum Gasteiger partial charge on any atom is 0.410 e. The minimum Gasteiger partial charge on any atom is -0.481 e. The number of ether oxygens (including phenoxy) is 1. The summed E-state index contributed by atoms with van der Waals surface area (Å²) in [6, 6.07) is 4.36. The average molecular weight is 417 g/mol. The number of hydrogen-bond acceptors (Lipinski definition) is 6. The van der Waals surface area contributed by atoms with Gasteiger partial charge >= 0.3 is 12.1 Å². The Morgan fingerprint density at radius 1 is 1.13 bits per heavy atom. The number of carbonyl (C=O) groups is 2. The summed E-state index contributed by atoms with van der Waals surface area (Å²) < 4.78 is 5.83. The van der Waals surface area contributed by atoms with E-state index in [9.17, 15) is 14.7 Å². The van der Waals surface area contributed by atoms with Crippen LogP contribution in [-0.2, 0) is 9.53 Å². The first kappa shape index (κ1) is 20.9. The van der Waals surface area contributed by atoms with Crippen LogP contribution in [0.3, 0.4) is 0 Å². The highest BCUT2D eigenvalue weighted by atomic mass is 16.6. The molecule has 8 heteroatoms. The number of anilines is 1. The van der Waals surface area contributed by atoms with Gasteiger partial charge in [-0.15, -0.1) is 0 Å². The number of carboxylic acids is 1. The van der Waals surface area contributed by atoms with Gasteiger partial charge < -0.3 is 14.7 Å². The van der Waals surface area contributed by atoms with E-state index in [1.807, 2.05) is 29.4 Å². The second kappa shape index (κ2) is 9.20. The van der Waals surface area contributed by atoms with Crippen molar-refractivity contribution < 1.29 is 19.4 Å². The molecule has 1 aromatic rings. The molecule has 4 heterocycles. The summed E-state index contributed by atoms with van der Waals surface area (Å²) in [5, 5.41) is 9.19. The number of pyridine rings is 1. The Labute approximate surface area is 177 Å². The zero-order valence-corrected chi connectivity index (χ0v) is 17.7. The van der Waals surface area contributed by atoms with E-state index in [0.717, 1.165) is 45.4 Å². The third kappa shape index (κ3) is 4.38. The van der Waals surface area contributed by atoms with Crippen molar-refractivity contribution >= 4 is 17.7 Å². The fourth-order valence-electron chi connectivity index (χ4n) is 5.20. The molecule has 3 aliphatic heterocycles. The molecule has 4 rings (SSSR count). The first-order valence-electron chi connectivity index (χ1n) is 11.2. The Kier molecular flexibility index (Phi) is 6.41. The fourth-order valence-corrected chi connectivity index (χ4v) is 5.20. The SMILES string of the molecule is CCC1C(CN2CCC(C(=O)O)CC2)OC(=O)N1C1CCN(c2ccncc2)CC1. The van der Waals surface area contributed by atoms with Gasteiger partial charge in [0.15, 0.2) is 0 Å². The van der Waals surface area contributed by atoms with Crippen LogP contribution >= 0.6 is 0 Å². The van der Waals surface area contributed by atoms with E-state index in [1.54, 1.807) is 0 Å². The highest BCUT2D eigenvalue weighted by Crippen LogP contribution is 2.31. The van der Waals surface area contributed by atoms with Crippen molar-refractivity contribution in [2.45, 2.75) is 57.2 Å². The van der Waals surface area contributed by atoms with Gasteiger partial charge in [-0.25, -0.2) is 4.79 Å². The summed E-state index contributed by atoms with van der Waals surface area (Å²) in [4.78, 5) is 34.6. The lowest BCUT2D eigenvalue weighted by Gasteiger charge is -2.39. The molecule has 164 valence electrons. The number of carbonyl (C=O) groups excluding carboxylic acids is 1. The molecule has 0 aromatic carbocycles. The summed E-state index contributed by atoms with van der Waals surface area (Å²) in [6.07, 6.45) is 7.39. The van der Waals surface area contributed by atoms with Gasteiger partial charge in [-0.1, -0.05) is 6.92 Å². The second-order valence-corrected chi connectivity index (χ2v) is 8.64. The van der Waals surface area contributed by atoms with Crippen molar-refractivity contribution in [3.63, 3.8) is 0 Å². The van der Waals surface area contributed by atoms with Gasteiger partial charge in [0.2, 0.25) is 0 Å². The van der Waals surface area contributed by atoms with E-state index < -0.39 is 5.97 Å². The number of hydrogen-bond donors (Lipinski definition) is 1. The van der Waals surface area contributed by atoms with E-state index in [1.165, 1.54) is 5.69 Å². The molecular formula is C22H32N4O4. The number of amides is 1. The largest absolute Gasteiger partial charge is 0.481 e. The van der Waals surface area contributed by atoms with Gasteiger partial charge in [-0.2, -0.15) is 0 Å². The van der Waals surface area contributed by atoms with Crippen molar-refractivity contribution in [3.05, 3.63) is 24.5 Å². The number of piperidine rings is 2. The predicted molar refractivity (Wildman–Crippen MR) is 112 cm³/mol. The van der Waals surface area contributed by atoms with Crippen LogP contribution in [-0.4, -0.2) is 82.9 Å². The Morgan fingerprint density at radius 2 is 1.80 bits per heavy atom. The highest BCUT2D eigenvalue weighted by molar-refractivity contribution is 5.71. The number of nitrogens with zero attached hydrogens (tertiary/aromatic N) is 4. The Hall–Kier alpha value is -2.35. The summed E-state index contributed by atoms with van der Waals surface area (Å²) >= 11 is 0. The molecule has 1 aromatic heterocycles. The van der Waals surface area contributed by atoms with Gasteiger partial charge in [0.25, 0.3) is 0 Å². The van der Waals surface area contributed by atoms with Crippen LogP contribution in [0.15, 0.2) is 24.5 Å². The molecule has 1 N–H and O–H groups in total. The average Bonchev–Trinajstić information content (AvgIpc) is 3.09. The van der Waals surface area contributed by atoms with Crippen LogP contribution in [0.5, 0.6) is 0 Å². The van der Waals surface area contributed by atoms with Crippen molar-refractivity contribution in [1.82, 2.24) is 14.8 Å². The highest BCUT2D eigenvalue weighted by Gasteiger charge is 2.45. The summed E-state index contributed by atoms with van der Waals surface area (Å²) in [5.74, 6) is -0.936. The lowest BCUT2D eigenvalue weighted by atomic mass is 9.95. The first-order chi connectivity index (χ1) is 14.6. The molecule has 3 saturated heterocycles. The van der Waals surface area contributed by atoms with Crippen LogP contribution in [0, 0.1) is 5.92 Å². The van der Waals surface area contributed by atoms with Crippen molar-refractivity contribution in [2.75, 3.05) is 37.6 Å². The van der Waals surface area contributed by atoms with Crippen molar-refractivity contribution in [1.29, 1.82) is 0 Å². The molecule has 0 aliphatic carbocycles. The van der Waals surface area contributed by atoms with E-state index in [0.29, 0.717) is 19.4 Å². The number of aliphatic carboxylic acids is 1. The Bertz CT molecular complexity index is 730. The molecule has 1 amide bonds. The molecule has 0 saturated carbocycles. The lowest BCUT2D eigenvalue weighted by molar-refractivity contribution is -0.143. The molecule has 3 aliphatic rings. The number of aromatic nitrogens is 1.